The molecule has 1 aliphatic rings. The molecular formula is C20H17F3O3. The lowest BCUT2D eigenvalue weighted by Crippen LogP contribution is -2.17. The molecule has 0 spiro atoms. The molecule has 0 saturated carbocycles. The quantitative estimate of drug-likeness (QED) is 0.738. The number of carbonyl (C=O) groups excluding carboxylic acids is 1. The van der Waals surface area contributed by atoms with Crippen molar-refractivity contribution >= 4 is 5.78 Å². The summed E-state index contributed by atoms with van der Waals surface area (Å²) in [7, 11) is 0. The van der Waals surface area contributed by atoms with Crippen molar-refractivity contribution in [3.05, 3.63) is 83.3 Å². The molecule has 0 radical (unpaired) electrons. The molecule has 1 atom stereocenters. The molecule has 0 N–H and O–H groups in total. The molecule has 136 valence electrons. The Balaban J connectivity index is 1.80. The number of hydrogen-bond acceptors (Lipinski definition) is 3. The van der Waals surface area contributed by atoms with E-state index in [1.54, 1.807) is 0 Å². The summed E-state index contributed by atoms with van der Waals surface area (Å²) in [4.78, 5) is 12.8. The smallest absolute Gasteiger partial charge is 0.416 e. The van der Waals surface area contributed by atoms with E-state index in [1.165, 1.54) is 18.4 Å². The van der Waals surface area contributed by atoms with Gasteiger partial charge in [0.2, 0.25) is 6.79 Å². The summed E-state index contributed by atoms with van der Waals surface area (Å²) in [5.74, 6) is -0.586. The minimum absolute atomic E-state index is 0.00155. The summed E-state index contributed by atoms with van der Waals surface area (Å²) in [6.45, 7) is -0.00155. The lowest BCUT2D eigenvalue weighted by molar-refractivity contribution is -0.137. The van der Waals surface area contributed by atoms with Crippen LogP contribution in [0.1, 0.15) is 29.0 Å². The van der Waals surface area contributed by atoms with Crippen LogP contribution in [-0.4, -0.2) is 12.6 Å². The van der Waals surface area contributed by atoms with Crippen LogP contribution in [0, 0.1) is 0 Å². The van der Waals surface area contributed by atoms with Crippen molar-refractivity contribution in [1.29, 1.82) is 0 Å². The minimum atomic E-state index is -4.42. The Morgan fingerprint density at radius 2 is 1.73 bits per heavy atom. The van der Waals surface area contributed by atoms with Gasteiger partial charge in [0.1, 0.15) is 23.7 Å². The van der Waals surface area contributed by atoms with Crippen LogP contribution >= 0.6 is 0 Å². The van der Waals surface area contributed by atoms with Gasteiger partial charge in [-0.15, -0.1) is 0 Å². The number of carbonyl (C=O) groups is 1. The van der Waals surface area contributed by atoms with E-state index in [-0.39, 0.29) is 19.0 Å². The van der Waals surface area contributed by atoms with Crippen molar-refractivity contribution < 1.29 is 27.4 Å². The fourth-order valence-corrected chi connectivity index (χ4v) is 2.83. The molecule has 1 heterocycles. The average Bonchev–Trinajstić information content (AvgIpc) is 3.15. The number of rotatable bonds is 6. The highest BCUT2D eigenvalue weighted by molar-refractivity contribution is 5.88. The predicted molar refractivity (Wildman–Crippen MR) is 89.1 cm³/mol. The number of halogens is 3. The van der Waals surface area contributed by atoms with Crippen molar-refractivity contribution in [2.24, 2.45) is 0 Å². The van der Waals surface area contributed by atoms with Crippen LogP contribution in [0.3, 0.4) is 0 Å². The van der Waals surface area contributed by atoms with Crippen LogP contribution < -0.4 is 0 Å². The number of alkyl halides is 3. The Hall–Kier alpha value is -2.76. The van der Waals surface area contributed by atoms with Gasteiger partial charge in [0.15, 0.2) is 0 Å². The van der Waals surface area contributed by atoms with E-state index in [0.29, 0.717) is 17.7 Å². The Bertz CT molecular complexity index is 780. The van der Waals surface area contributed by atoms with Gasteiger partial charge in [-0.2, -0.15) is 13.2 Å². The Labute approximate surface area is 149 Å². The van der Waals surface area contributed by atoms with Gasteiger partial charge in [-0.3, -0.25) is 4.79 Å². The number of Topliss-reactive ketones (excluding diaryl/α,β-unsaturated/α-hetero) is 1. The Kier molecular flexibility index (Phi) is 5.30. The summed E-state index contributed by atoms with van der Waals surface area (Å²) < 4.78 is 48.7. The molecule has 2 aromatic carbocycles. The zero-order chi connectivity index (χ0) is 18.6. The van der Waals surface area contributed by atoms with Crippen molar-refractivity contribution in [2.75, 3.05) is 6.79 Å². The first kappa shape index (κ1) is 18.0. The highest BCUT2D eigenvalue weighted by atomic mass is 19.4. The van der Waals surface area contributed by atoms with Crippen LogP contribution in [0.2, 0.25) is 0 Å². The number of hydrogen-bond donors (Lipinski definition) is 0. The van der Waals surface area contributed by atoms with Gasteiger partial charge in [0.05, 0.1) is 5.56 Å². The maximum atomic E-state index is 12.8. The van der Waals surface area contributed by atoms with Crippen molar-refractivity contribution in [3.8, 4) is 0 Å². The summed E-state index contributed by atoms with van der Waals surface area (Å²) in [6.07, 6.45) is -2.28. The predicted octanol–water partition coefficient (Wildman–Crippen LogP) is 4.84. The largest absolute Gasteiger partial charge is 0.462 e. The van der Waals surface area contributed by atoms with Gasteiger partial charge in [0, 0.05) is 6.42 Å². The van der Waals surface area contributed by atoms with Gasteiger partial charge in [-0.05, 0) is 29.7 Å². The van der Waals surface area contributed by atoms with E-state index in [1.807, 2.05) is 30.3 Å². The third kappa shape index (κ3) is 4.25. The highest BCUT2D eigenvalue weighted by Gasteiger charge is 2.32. The maximum Gasteiger partial charge on any atom is 0.416 e. The molecule has 3 nitrogen and oxygen atoms in total. The van der Waals surface area contributed by atoms with E-state index >= 15 is 0 Å². The third-order valence-electron chi connectivity index (χ3n) is 4.17. The van der Waals surface area contributed by atoms with Crippen LogP contribution in [0.15, 0.2) is 66.6 Å². The fourth-order valence-electron chi connectivity index (χ4n) is 2.83. The average molecular weight is 362 g/mol. The SMILES string of the molecule is O=C(CCc1ccccc1)C(C1=COCO1)c1ccc(C(F)(F)F)cc1. The molecule has 2 aromatic rings. The van der Waals surface area contributed by atoms with E-state index in [9.17, 15) is 18.0 Å². The maximum absolute atomic E-state index is 12.8. The molecule has 3 rings (SSSR count). The van der Waals surface area contributed by atoms with E-state index < -0.39 is 17.7 Å². The van der Waals surface area contributed by atoms with Crippen LogP contribution in [0.25, 0.3) is 0 Å². The highest BCUT2D eigenvalue weighted by Crippen LogP contribution is 2.34. The molecule has 0 aromatic heterocycles. The topological polar surface area (TPSA) is 35.5 Å². The van der Waals surface area contributed by atoms with Crippen molar-refractivity contribution in [3.63, 3.8) is 0 Å². The lowest BCUT2D eigenvalue weighted by Gasteiger charge is -2.17. The minimum Gasteiger partial charge on any atom is -0.462 e. The summed E-state index contributed by atoms with van der Waals surface area (Å²) in [6, 6.07) is 14.1. The van der Waals surface area contributed by atoms with Crippen LogP contribution in [0.5, 0.6) is 0 Å². The number of benzene rings is 2. The van der Waals surface area contributed by atoms with Crippen molar-refractivity contribution in [2.45, 2.75) is 24.9 Å². The van der Waals surface area contributed by atoms with Gasteiger partial charge < -0.3 is 9.47 Å². The first-order chi connectivity index (χ1) is 12.4. The van der Waals surface area contributed by atoms with E-state index in [0.717, 1.165) is 17.7 Å². The molecule has 1 aliphatic heterocycles. The monoisotopic (exact) mass is 362 g/mol. The number of allylic oxidation sites excluding steroid dienone is 1. The standard InChI is InChI=1S/C20H17F3O3/c21-20(22,23)16-9-7-15(8-10-16)19(18-12-25-13-26-18)17(24)11-6-14-4-2-1-3-5-14/h1-5,7-10,12,19H,6,11,13H2. The number of ether oxygens (including phenoxy) is 2. The molecule has 0 amide bonds. The summed E-state index contributed by atoms with van der Waals surface area (Å²) in [5, 5.41) is 0. The van der Waals surface area contributed by atoms with Gasteiger partial charge in [-0.25, -0.2) is 0 Å². The molecule has 0 bridgehead atoms. The second kappa shape index (κ2) is 7.64. The van der Waals surface area contributed by atoms with Gasteiger partial charge in [0.25, 0.3) is 0 Å². The first-order valence-corrected chi connectivity index (χ1v) is 8.13. The van der Waals surface area contributed by atoms with Gasteiger partial charge >= 0.3 is 6.18 Å². The molecule has 0 aliphatic carbocycles. The second-order valence-electron chi connectivity index (χ2n) is 5.95. The zero-order valence-corrected chi connectivity index (χ0v) is 13.8. The molecular weight excluding hydrogens is 345 g/mol. The lowest BCUT2D eigenvalue weighted by atomic mass is 9.89. The number of aryl methyl sites for hydroxylation is 1. The molecule has 0 saturated heterocycles. The van der Waals surface area contributed by atoms with Gasteiger partial charge in [-0.1, -0.05) is 42.5 Å². The molecule has 26 heavy (non-hydrogen) atoms. The zero-order valence-electron chi connectivity index (χ0n) is 13.8. The molecule has 0 fully saturated rings. The van der Waals surface area contributed by atoms with E-state index in [4.69, 9.17) is 9.47 Å². The third-order valence-corrected chi connectivity index (χ3v) is 4.17. The van der Waals surface area contributed by atoms with Crippen LogP contribution in [-0.2, 0) is 26.9 Å². The summed E-state index contributed by atoms with van der Waals surface area (Å²) in [5.41, 5.74) is 0.715. The molecule has 6 heteroatoms. The Morgan fingerprint density at radius 3 is 2.31 bits per heavy atom. The number of ketones is 1. The van der Waals surface area contributed by atoms with E-state index in [2.05, 4.69) is 0 Å². The van der Waals surface area contributed by atoms with Crippen LogP contribution in [0.4, 0.5) is 13.2 Å². The Morgan fingerprint density at radius 1 is 1.04 bits per heavy atom. The fraction of sp³-hybridized carbons (Fsp3) is 0.250. The summed E-state index contributed by atoms with van der Waals surface area (Å²) >= 11 is 0. The van der Waals surface area contributed by atoms with Crippen molar-refractivity contribution in [1.82, 2.24) is 0 Å². The molecule has 1 unspecified atom stereocenters. The normalized spacial score (nSPS) is 15.0. The first-order valence-electron chi connectivity index (χ1n) is 8.13. The second-order valence-corrected chi connectivity index (χ2v) is 5.95.